The summed E-state index contributed by atoms with van der Waals surface area (Å²) in [5.41, 5.74) is 8.39. The highest BCUT2D eigenvalue weighted by atomic mass is 15.2. The first kappa shape index (κ1) is 13.7. The minimum Gasteiger partial charge on any atom is -0.329 e. The Labute approximate surface area is 104 Å². The molecule has 1 aromatic rings. The third-order valence-electron chi connectivity index (χ3n) is 3.34. The standard InChI is InChI=1S/C14H21N3/c1-11-6-4-5-7-13(11)14(10-16)17(3)12(2)8-9-15/h4-7,12,14H,8,10,16H2,1-3H3. The Morgan fingerprint density at radius 2 is 2.06 bits per heavy atom. The van der Waals surface area contributed by atoms with E-state index in [0.717, 1.165) is 0 Å². The lowest BCUT2D eigenvalue weighted by molar-refractivity contribution is 0.190. The zero-order chi connectivity index (χ0) is 12.8. The van der Waals surface area contributed by atoms with Gasteiger partial charge in [0, 0.05) is 18.6 Å². The van der Waals surface area contributed by atoms with Gasteiger partial charge < -0.3 is 5.73 Å². The fourth-order valence-corrected chi connectivity index (χ4v) is 2.06. The molecule has 0 heterocycles. The minimum atomic E-state index is 0.180. The number of hydrogen-bond donors (Lipinski definition) is 1. The fraction of sp³-hybridized carbons (Fsp3) is 0.500. The minimum absolute atomic E-state index is 0.180. The first-order valence-corrected chi connectivity index (χ1v) is 5.96. The van der Waals surface area contributed by atoms with E-state index in [2.05, 4.69) is 36.9 Å². The van der Waals surface area contributed by atoms with E-state index in [1.165, 1.54) is 11.1 Å². The molecule has 0 aliphatic heterocycles. The summed E-state index contributed by atoms with van der Waals surface area (Å²) in [5.74, 6) is 0. The number of likely N-dealkylation sites (N-methyl/N-ethyl adjacent to an activating group) is 1. The van der Waals surface area contributed by atoms with Gasteiger partial charge in [-0.2, -0.15) is 5.26 Å². The Kier molecular flexibility index (Phi) is 5.14. The van der Waals surface area contributed by atoms with Crippen molar-refractivity contribution in [2.75, 3.05) is 13.6 Å². The molecule has 1 aromatic carbocycles. The van der Waals surface area contributed by atoms with Crippen molar-refractivity contribution >= 4 is 0 Å². The molecule has 0 aliphatic carbocycles. The van der Waals surface area contributed by atoms with Crippen LogP contribution in [0.3, 0.4) is 0 Å². The van der Waals surface area contributed by atoms with Crippen LogP contribution in [0.2, 0.25) is 0 Å². The normalized spacial score (nSPS) is 14.4. The van der Waals surface area contributed by atoms with E-state index in [0.29, 0.717) is 13.0 Å². The smallest absolute Gasteiger partial charge is 0.0638 e. The summed E-state index contributed by atoms with van der Waals surface area (Å²) in [7, 11) is 2.03. The van der Waals surface area contributed by atoms with Gasteiger partial charge in [0.1, 0.15) is 0 Å². The van der Waals surface area contributed by atoms with Crippen molar-refractivity contribution in [1.82, 2.24) is 4.90 Å². The molecule has 2 unspecified atom stereocenters. The number of hydrogen-bond acceptors (Lipinski definition) is 3. The fourth-order valence-electron chi connectivity index (χ4n) is 2.06. The second-order valence-electron chi connectivity index (χ2n) is 4.48. The molecule has 0 aromatic heterocycles. The molecule has 17 heavy (non-hydrogen) atoms. The second-order valence-corrected chi connectivity index (χ2v) is 4.48. The van der Waals surface area contributed by atoms with Crippen molar-refractivity contribution in [3.8, 4) is 6.07 Å². The van der Waals surface area contributed by atoms with Crippen LogP contribution in [0.25, 0.3) is 0 Å². The van der Waals surface area contributed by atoms with Gasteiger partial charge in [0.05, 0.1) is 12.5 Å². The summed E-state index contributed by atoms with van der Waals surface area (Å²) in [5, 5.41) is 8.76. The van der Waals surface area contributed by atoms with Crippen molar-refractivity contribution in [3.63, 3.8) is 0 Å². The highest BCUT2D eigenvalue weighted by molar-refractivity contribution is 5.29. The van der Waals surface area contributed by atoms with Crippen LogP contribution < -0.4 is 5.73 Å². The Balaban J connectivity index is 2.92. The molecule has 92 valence electrons. The van der Waals surface area contributed by atoms with Gasteiger partial charge in [-0.05, 0) is 32.0 Å². The number of rotatable bonds is 5. The highest BCUT2D eigenvalue weighted by Gasteiger charge is 2.21. The van der Waals surface area contributed by atoms with E-state index >= 15 is 0 Å². The molecule has 0 spiro atoms. The molecule has 3 heteroatoms. The number of benzene rings is 1. The molecule has 0 fully saturated rings. The predicted octanol–water partition coefficient (Wildman–Crippen LogP) is 2.23. The third-order valence-corrected chi connectivity index (χ3v) is 3.34. The highest BCUT2D eigenvalue weighted by Crippen LogP contribution is 2.24. The number of aryl methyl sites for hydroxylation is 1. The Morgan fingerprint density at radius 1 is 1.41 bits per heavy atom. The zero-order valence-electron chi connectivity index (χ0n) is 10.9. The van der Waals surface area contributed by atoms with Gasteiger partial charge in [-0.25, -0.2) is 0 Å². The first-order chi connectivity index (χ1) is 8.11. The molecule has 0 saturated heterocycles. The van der Waals surface area contributed by atoms with Gasteiger partial charge >= 0.3 is 0 Å². The van der Waals surface area contributed by atoms with Crippen molar-refractivity contribution in [1.29, 1.82) is 5.26 Å². The predicted molar refractivity (Wildman–Crippen MR) is 70.4 cm³/mol. The second kappa shape index (κ2) is 6.39. The van der Waals surface area contributed by atoms with Crippen molar-refractivity contribution in [2.45, 2.75) is 32.4 Å². The van der Waals surface area contributed by atoms with Crippen LogP contribution in [0.5, 0.6) is 0 Å². The van der Waals surface area contributed by atoms with E-state index in [-0.39, 0.29) is 12.1 Å². The van der Waals surface area contributed by atoms with Crippen LogP contribution in [-0.2, 0) is 0 Å². The van der Waals surface area contributed by atoms with Gasteiger partial charge in [0.25, 0.3) is 0 Å². The van der Waals surface area contributed by atoms with Crippen LogP contribution in [0, 0.1) is 18.3 Å². The summed E-state index contributed by atoms with van der Waals surface area (Å²) >= 11 is 0. The van der Waals surface area contributed by atoms with Gasteiger partial charge in [0.15, 0.2) is 0 Å². The summed E-state index contributed by atoms with van der Waals surface area (Å²) < 4.78 is 0. The van der Waals surface area contributed by atoms with Crippen molar-refractivity contribution in [3.05, 3.63) is 35.4 Å². The van der Waals surface area contributed by atoms with Crippen LogP contribution in [0.15, 0.2) is 24.3 Å². The molecular formula is C14H21N3. The topological polar surface area (TPSA) is 53.0 Å². The number of nitrogens with two attached hydrogens (primary N) is 1. The van der Waals surface area contributed by atoms with E-state index in [4.69, 9.17) is 11.0 Å². The summed E-state index contributed by atoms with van der Waals surface area (Å²) in [6.45, 7) is 4.72. The molecule has 0 radical (unpaired) electrons. The molecule has 0 aliphatic rings. The van der Waals surface area contributed by atoms with Gasteiger partial charge in [0.2, 0.25) is 0 Å². The molecule has 2 N–H and O–H groups in total. The molecule has 2 atom stereocenters. The molecule has 3 nitrogen and oxygen atoms in total. The summed E-state index contributed by atoms with van der Waals surface area (Å²) in [4.78, 5) is 2.19. The van der Waals surface area contributed by atoms with Crippen LogP contribution in [0.1, 0.15) is 30.5 Å². The Hall–Kier alpha value is -1.37. The average molecular weight is 231 g/mol. The van der Waals surface area contributed by atoms with Crippen LogP contribution in [-0.4, -0.2) is 24.5 Å². The monoisotopic (exact) mass is 231 g/mol. The van der Waals surface area contributed by atoms with E-state index in [1.54, 1.807) is 0 Å². The maximum absolute atomic E-state index is 8.76. The van der Waals surface area contributed by atoms with Crippen molar-refractivity contribution < 1.29 is 0 Å². The van der Waals surface area contributed by atoms with E-state index in [1.807, 2.05) is 19.2 Å². The van der Waals surface area contributed by atoms with Crippen molar-refractivity contribution in [2.24, 2.45) is 5.73 Å². The van der Waals surface area contributed by atoms with Gasteiger partial charge in [-0.3, -0.25) is 4.90 Å². The average Bonchev–Trinajstić information content (AvgIpc) is 2.32. The van der Waals surface area contributed by atoms with E-state index < -0.39 is 0 Å². The quantitative estimate of drug-likeness (QED) is 0.845. The molecule has 0 bridgehead atoms. The van der Waals surface area contributed by atoms with Gasteiger partial charge in [-0.1, -0.05) is 24.3 Å². The summed E-state index contributed by atoms with van der Waals surface area (Å²) in [6.07, 6.45) is 0.527. The number of nitriles is 1. The molecular weight excluding hydrogens is 210 g/mol. The van der Waals surface area contributed by atoms with E-state index in [9.17, 15) is 0 Å². The first-order valence-electron chi connectivity index (χ1n) is 5.96. The Morgan fingerprint density at radius 3 is 2.59 bits per heavy atom. The largest absolute Gasteiger partial charge is 0.329 e. The molecule has 1 rings (SSSR count). The zero-order valence-corrected chi connectivity index (χ0v) is 10.9. The lowest BCUT2D eigenvalue weighted by atomic mass is 9.99. The van der Waals surface area contributed by atoms with Crippen LogP contribution in [0.4, 0.5) is 0 Å². The third kappa shape index (κ3) is 3.29. The molecule has 0 saturated carbocycles. The summed E-state index contributed by atoms with van der Waals surface area (Å²) in [6, 6.07) is 10.9. The number of nitrogens with zero attached hydrogens (tertiary/aromatic N) is 2. The lowest BCUT2D eigenvalue weighted by Gasteiger charge is -2.32. The lowest BCUT2D eigenvalue weighted by Crippen LogP contribution is -2.37. The van der Waals surface area contributed by atoms with Crippen LogP contribution >= 0.6 is 0 Å². The SMILES string of the molecule is Cc1ccccc1C(CN)N(C)C(C)CC#N. The van der Waals surface area contributed by atoms with Gasteiger partial charge in [-0.15, -0.1) is 0 Å². The Bertz CT molecular complexity index is 395. The maximum Gasteiger partial charge on any atom is 0.0638 e. The maximum atomic E-state index is 8.76. The molecule has 0 amide bonds.